The van der Waals surface area contributed by atoms with Crippen LogP contribution >= 0.6 is 0 Å². The lowest BCUT2D eigenvalue weighted by molar-refractivity contribution is -0.119. The molecule has 0 aromatic heterocycles. The van der Waals surface area contributed by atoms with E-state index in [0.717, 1.165) is 64.2 Å². The lowest BCUT2D eigenvalue weighted by Crippen LogP contribution is -2.44. The van der Waals surface area contributed by atoms with Crippen LogP contribution in [0.3, 0.4) is 0 Å². The lowest BCUT2D eigenvalue weighted by Gasteiger charge is -2.27. The third kappa shape index (κ3) is 4.10. The summed E-state index contributed by atoms with van der Waals surface area (Å²) in [7, 11) is 0. The van der Waals surface area contributed by atoms with E-state index in [4.69, 9.17) is 10.8 Å². The molecule has 0 spiro atoms. The summed E-state index contributed by atoms with van der Waals surface area (Å²) in [5, 5.41) is 42.5. The molecule has 8 heteroatoms. The van der Waals surface area contributed by atoms with Crippen molar-refractivity contribution in [3.8, 4) is 0 Å². The zero-order chi connectivity index (χ0) is 20.3. The normalized spacial score (nSPS) is 22.4. The molecule has 2 saturated carbocycles. The van der Waals surface area contributed by atoms with Gasteiger partial charge in [0, 0.05) is 12.1 Å². The number of carbonyl (C=O) groups excluding carboxylic acids is 2. The van der Waals surface area contributed by atoms with E-state index in [1.165, 1.54) is 0 Å². The Labute approximate surface area is 164 Å². The Kier molecular flexibility index (Phi) is 6.16. The zero-order valence-corrected chi connectivity index (χ0v) is 15.9. The Balaban J connectivity index is 1.75. The van der Waals surface area contributed by atoms with E-state index in [2.05, 4.69) is 10.6 Å². The van der Waals surface area contributed by atoms with E-state index in [-0.39, 0.29) is 12.1 Å². The summed E-state index contributed by atoms with van der Waals surface area (Å²) >= 11 is 0. The van der Waals surface area contributed by atoms with Crippen molar-refractivity contribution in [2.24, 2.45) is 0 Å². The fraction of sp³-hybridized carbons (Fsp3) is 0.600. The molecule has 0 heterocycles. The molecule has 0 aromatic carbocycles. The van der Waals surface area contributed by atoms with Gasteiger partial charge in [-0.25, -0.2) is 0 Å². The first-order valence-corrected chi connectivity index (χ1v) is 10.1. The van der Waals surface area contributed by atoms with E-state index in [9.17, 15) is 19.8 Å². The number of allylic oxidation sites excluding steroid dienone is 2. The number of aliphatic hydroxyl groups excluding tert-OH is 2. The first-order chi connectivity index (χ1) is 13.4. The third-order valence-corrected chi connectivity index (χ3v) is 5.78. The number of nitrogens with one attached hydrogen (secondary N) is 4. The van der Waals surface area contributed by atoms with E-state index in [1.54, 1.807) is 0 Å². The molecule has 3 aliphatic carbocycles. The molecule has 0 atom stereocenters. The quantitative estimate of drug-likeness (QED) is 0.411. The molecule has 0 aromatic rings. The zero-order valence-electron chi connectivity index (χ0n) is 15.9. The van der Waals surface area contributed by atoms with Gasteiger partial charge in [0.1, 0.15) is 22.6 Å². The van der Waals surface area contributed by atoms with Crippen molar-refractivity contribution in [2.45, 2.75) is 76.3 Å². The standard InChI is InChI=1S/C20H28N4O4/c21-15-13(19(27)23-11-7-3-1-4-8-11)17(25)16(22)14(18(15)26)20(28)24-12-9-5-2-6-10-12/h11-12,21-22,25-26H,1-10H2,(H,23,27)(H,24,28). The first kappa shape index (κ1) is 20.1. The Hall–Kier alpha value is -2.64. The summed E-state index contributed by atoms with van der Waals surface area (Å²) in [6.07, 6.45) is 9.51. The first-order valence-electron chi connectivity index (χ1n) is 10.1. The second-order valence-electron chi connectivity index (χ2n) is 7.81. The molecule has 3 rings (SSSR count). The van der Waals surface area contributed by atoms with Crippen molar-refractivity contribution in [3.63, 3.8) is 0 Å². The second-order valence-corrected chi connectivity index (χ2v) is 7.81. The van der Waals surface area contributed by atoms with Gasteiger partial charge in [0.15, 0.2) is 11.5 Å². The lowest BCUT2D eigenvalue weighted by atomic mass is 9.89. The predicted molar refractivity (Wildman–Crippen MR) is 105 cm³/mol. The van der Waals surface area contributed by atoms with E-state index >= 15 is 0 Å². The number of aliphatic hydroxyl groups is 2. The van der Waals surface area contributed by atoms with Crippen LogP contribution in [0, 0.1) is 10.8 Å². The van der Waals surface area contributed by atoms with Crippen LogP contribution in [0.1, 0.15) is 64.2 Å². The Morgan fingerprint density at radius 1 is 0.679 bits per heavy atom. The minimum Gasteiger partial charge on any atom is -0.505 e. The van der Waals surface area contributed by atoms with E-state index in [1.807, 2.05) is 0 Å². The van der Waals surface area contributed by atoms with Crippen molar-refractivity contribution in [2.75, 3.05) is 0 Å². The van der Waals surface area contributed by atoms with Gasteiger partial charge in [-0.05, 0) is 25.7 Å². The van der Waals surface area contributed by atoms with Crippen LogP contribution < -0.4 is 10.6 Å². The van der Waals surface area contributed by atoms with Crippen LogP contribution in [0.4, 0.5) is 0 Å². The fourth-order valence-corrected chi connectivity index (χ4v) is 4.17. The molecule has 2 amide bonds. The highest BCUT2D eigenvalue weighted by Gasteiger charge is 2.38. The van der Waals surface area contributed by atoms with Gasteiger partial charge in [-0.15, -0.1) is 0 Å². The number of amides is 2. The van der Waals surface area contributed by atoms with Crippen molar-refractivity contribution >= 4 is 23.2 Å². The Morgan fingerprint density at radius 2 is 1.00 bits per heavy atom. The monoisotopic (exact) mass is 388 g/mol. The van der Waals surface area contributed by atoms with Crippen LogP contribution in [-0.2, 0) is 9.59 Å². The van der Waals surface area contributed by atoms with Crippen molar-refractivity contribution in [1.29, 1.82) is 10.8 Å². The molecule has 152 valence electrons. The second kappa shape index (κ2) is 8.58. The van der Waals surface area contributed by atoms with Gasteiger partial charge in [0.25, 0.3) is 11.8 Å². The summed E-state index contributed by atoms with van der Waals surface area (Å²) in [5.41, 5.74) is -2.17. The van der Waals surface area contributed by atoms with E-state index < -0.39 is 45.9 Å². The molecular formula is C20H28N4O4. The van der Waals surface area contributed by atoms with Gasteiger partial charge in [-0.3, -0.25) is 20.4 Å². The summed E-state index contributed by atoms with van der Waals surface area (Å²) in [5.74, 6) is -2.88. The molecule has 0 bridgehead atoms. The molecular weight excluding hydrogens is 360 g/mol. The van der Waals surface area contributed by atoms with Gasteiger partial charge in [-0.2, -0.15) is 0 Å². The molecule has 0 radical (unpaired) electrons. The molecule has 0 saturated heterocycles. The van der Waals surface area contributed by atoms with Crippen molar-refractivity contribution in [3.05, 3.63) is 22.7 Å². The van der Waals surface area contributed by atoms with Crippen LogP contribution in [0.5, 0.6) is 0 Å². The highest BCUT2D eigenvalue weighted by Crippen LogP contribution is 2.25. The minimum atomic E-state index is -0.745. The molecule has 8 nitrogen and oxygen atoms in total. The third-order valence-electron chi connectivity index (χ3n) is 5.78. The van der Waals surface area contributed by atoms with Crippen LogP contribution in [0.25, 0.3) is 0 Å². The summed E-state index contributed by atoms with van der Waals surface area (Å²) < 4.78 is 0. The van der Waals surface area contributed by atoms with Crippen molar-refractivity contribution < 1.29 is 19.8 Å². The largest absolute Gasteiger partial charge is 0.505 e. The van der Waals surface area contributed by atoms with Gasteiger partial charge in [-0.1, -0.05) is 38.5 Å². The maximum absolute atomic E-state index is 12.6. The number of rotatable bonds is 4. The average molecular weight is 388 g/mol. The Morgan fingerprint density at radius 3 is 1.32 bits per heavy atom. The SMILES string of the molecule is N=C1C(O)=C(C(=O)NC2CCCCC2)C(=N)C(O)=C1C(=O)NC1CCCCC1. The minimum absolute atomic E-state index is 0.0503. The van der Waals surface area contributed by atoms with Crippen molar-refractivity contribution in [1.82, 2.24) is 10.6 Å². The number of hydrogen-bond donors (Lipinski definition) is 6. The smallest absolute Gasteiger partial charge is 0.257 e. The topological polar surface area (TPSA) is 146 Å². The summed E-state index contributed by atoms with van der Waals surface area (Å²) in [4.78, 5) is 25.1. The molecule has 28 heavy (non-hydrogen) atoms. The van der Waals surface area contributed by atoms with Gasteiger partial charge in [0.2, 0.25) is 0 Å². The number of carbonyl (C=O) groups is 2. The molecule has 0 aliphatic heterocycles. The summed E-state index contributed by atoms with van der Waals surface area (Å²) in [6.45, 7) is 0. The average Bonchev–Trinajstić information content (AvgIpc) is 2.68. The van der Waals surface area contributed by atoms with Gasteiger partial charge < -0.3 is 20.8 Å². The molecule has 6 N–H and O–H groups in total. The van der Waals surface area contributed by atoms with Crippen LogP contribution in [-0.4, -0.2) is 45.5 Å². The maximum atomic E-state index is 12.6. The summed E-state index contributed by atoms with van der Waals surface area (Å²) in [6, 6.07) is -0.101. The predicted octanol–water partition coefficient (Wildman–Crippen LogP) is 2.56. The Bertz CT molecular complexity index is 692. The van der Waals surface area contributed by atoms with Gasteiger partial charge >= 0.3 is 0 Å². The maximum Gasteiger partial charge on any atom is 0.257 e. The van der Waals surface area contributed by atoms with E-state index in [0.29, 0.717) is 0 Å². The highest BCUT2D eigenvalue weighted by molar-refractivity contribution is 6.40. The number of hydrogen-bond acceptors (Lipinski definition) is 6. The fourth-order valence-electron chi connectivity index (χ4n) is 4.17. The van der Waals surface area contributed by atoms with Crippen LogP contribution in [0.2, 0.25) is 0 Å². The molecule has 2 fully saturated rings. The molecule has 3 aliphatic rings. The van der Waals surface area contributed by atoms with Crippen LogP contribution in [0.15, 0.2) is 22.7 Å². The molecule has 0 unspecified atom stereocenters. The van der Waals surface area contributed by atoms with Gasteiger partial charge in [0.05, 0.1) is 0 Å². The highest BCUT2D eigenvalue weighted by atomic mass is 16.3.